The molecule has 48 heavy (non-hydrogen) atoms. The third-order valence-corrected chi connectivity index (χ3v) is 9.86. The number of aromatic hydroxyl groups is 1. The Morgan fingerprint density at radius 3 is 2.69 bits per heavy atom. The maximum Gasteiger partial charge on any atom is 0.161 e. The first kappa shape index (κ1) is 35.5. The molecular weight excluding hydrogens is 604 g/mol. The number of phenols is 1. The summed E-state index contributed by atoms with van der Waals surface area (Å²) >= 11 is 0. The molecule has 0 amide bonds. The van der Waals surface area contributed by atoms with Crippen molar-refractivity contribution < 1.29 is 25.2 Å². The number of fused-ring (bicyclic) bond motifs is 1. The number of nitrogen functional groups attached to an aromatic ring is 1. The molecular formula is C39H51N4O5-. The van der Waals surface area contributed by atoms with Gasteiger partial charge in [-0.2, -0.15) is 11.9 Å². The summed E-state index contributed by atoms with van der Waals surface area (Å²) in [5.41, 5.74) is 8.95. The van der Waals surface area contributed by atoms with Gasteiger partial charge < -0.3 is 41.2 Å². The van der Waals surface area contributed by atoms with E-state index in [1.807, 2.05) is 36.4 Å². The lowest BCUT2D eigenvalue weighted by Gasteiger charge is -2.32. The summed E-state index contributed by atoms with van der Waals surface area (Å²) in [4.78, 5) is 8.58. The van der Waals surface area contributed by atoms with Crippen LogP contribution in [-0.2, 0) is 6.42 Å². The number of aliphatic hydroxyl groups is 3. The molecule has 0 bridgehead atoms. The fourth-order valence-corrected chi connectivity index (χ4v) is 7.10. The Kier molecular flexibility index (Phi) is 12.6. The van der Waals surface area contributed by atoms with E-state index >= 15 is 0 Å². The van der Waals surface area contributed by atoms with Crippen LogP contribution in [0, 0.1) is 29.6 Å². The molecule has 1 aromatic carbocycles. The summed E-state index contributed by atoms with van der Waals surface area (Å²) in [7, 11) is 0. The normalized spacial score (nSPS) is 27.1. The van der Waals surface area contributed by atoms with Crippen LogP contribution in [0.2, 0.25) is 0 Å². The molecule has 0 fully saturated rings. The molecule has 2 aliphatic rings. The highest BCUT2D eigenvalue weighted by Gasteiger charge is 2.37. The number of aliphatic hydroxyl groups excluding tert-OH is 3. The Balaban J connectivity index is 1.29. The first-order valence-electron chi connectivity index (χ1n) is 17.4. The zero-order valence-corrected chi connectivity index (χ0v) is 28.1. The summed E-state index contributed by atoms with van der Waals surface area (Å²) < 4.78 is 6.18. The van der Waals surface area contributed by atoms with Crippen LogP contribution in [0.5, 0.6) is 11.5 Å². The van der Waals surface area contributed by atoms with Gasteiger partial charge >= 0.3 is 0 Å². The monoisotopic (exact) mass is 655 g/mol. The fourth-order valence-electron chi connectivity index (χ4n) is 7.10. The van der Waals surface area contributed by atoms with E-state index in [1.54, 1.807) is 25.4 Å². The molecule has 9 unspecified atom stereocenters. The van der Waals surface area contributed by atoms with Crippen molar-refractivity contribution in [3.8, 4) is 23.3 Å². The molecule has 9 heteroatoms. The van der Waals surface area contributed by atoms with Gasteiger partial charge in [-0.25, -0.2) is 4.98 Å². The largest absolute Gasteiger partial charge is 0.668 e. The van der Waals surface area contributed by atoms with E-state index in [9.17, 15) is 20.4 Å². The summed E-state index contributed by atoms with van der Waals surface area (Å²) in [5.74, 6) is 7.24. The molecule has 3 aromatic rings. The number of hydrogen-bond acceptors (Lipinski definition) is 8. The number of allylic oxidation sites excluding steroid dienone is 2. The second kappa shape index (κ2) is 17.0. The maximum atomic E-state index is 11.6. The van der Waals surface area contributed by atoms with Crippen molar-refractivity contribution in [2.75, 3.05) is 18.9 Å². The summed E-state index contributed by atoms with van der Waals surface area (Å²) in [6, 6.07) is 13.3. The number of hydrogen-bond donors (Lipinski definition) is 6. The van der Waals surface area contributed by atoms with Crippen molar-refractivity contribution in [2.24, 2.45) is 17.8 Å². The Morgan fingerprint density at radius 2 is 1.94 bits per heavy atom. The van der Waals surface area contributed by atoms with Gasteiger partial charge in [0.2, 0.25) is 0 Å². The van der Waals surface area contributed by atoms with Crippen molar-refractivity contribution in [1.82, 2.24) is 15.3 Å². The lowest BCUT2D eigenvalue weighted by atomic mass is 9.78. The van der Waals surface area contributed by atoms with Crippen molar-refractivity contribution in [1.29, 1.82) is 0 Å². The van der Waals surface area contributed by atoms with Gasteiger partial charge in [-0.3, -0.25) is 0 Å². The fraction of sp³-hybridized carbons (Fsp3) is 0.513. The molecule has 2 heterocycles. The summed E-state index contributed by atoms with van der Waals surface area (Å²) in [6.45, 7) is 4.76. The molecule has 2 aliphatic carbocycles. The number of pyridine rings is 1. The zero-order chi connectivity index (χ0) is 34.0. The van der Waals surface area contributed by atoms with Crippen molar-refractivity contribution in [2.45, 2.75) is 95.0 Å². The molecule has 0 saturated carbocycles. The van der Waals surface area contributed by atoms with Gasteiger partial charge in [0.25, 0.3) is 0 Å². The Bertz CT molecular complexity index is 1530. The lowest BCUT2D eigenvalue weighted by molar-refractivity contribution is -0.00825. The van der Waals surface area contributed by atoms with Crippen molar-refractivity contribution in [3.05, 3.63) is 83.8 Å². The van der Waals surface area contributed by atoms with E-state index in [2.05, 4.69) is 46.2 Å². The van der Waals surface area contributed by atoms with Gasteiger partial charge in [0, 0.05) is 42.5 Å². The van der Waals surface area contributed by atoms with Crippen molar-refractivity contribution in [3.63, 3.8) is 0 Å². The van der Waals surface area contributed by atoms with Crippen LogP contribution in [-0.4, -0.2) is 62.9 Å². The minimum Gasteiger partial charge on any atom is -0.668 e. The number of nitrogens with zero attached hydrogens (tertiary/aromatic N) is 2. The van der Waals surface area contributed by atoms with Crippen LogP contribution in [0.3, 0.4) is 0 Å². The van der Waals surface area contributed by atoms with Crippen molar-refractivity contribution >= 4 is 5.82 Å². The predicted molar refractivity (Wildman–Crippen MR) is 187 cm³/mol. The number of ether oxygens (including phenoxy) is 1. The number of nitrogens with one attached hydrogen (secondary N) is 1. The van der Waals surface area contributed by atoms with Crippen LogP contribution < -0.4 is 20.8 Å². The lowest BCUT2D eigenvalue weighted by Crippen LogP contribution is -2.40. The maximum absolute atomic E-state index is 11.6. The average molecular weight is 656 g/mol. The number of rotatable bonds is 12. The van der Waals surface area contributed by atoms with E-state index in [0.717, 1.165) is 42.5 Å². The SMILES string of the molecule is CCC1C#CC2C=CC(c3ccc(O)c(OCCC(Cc4ccc[n-]4)c4ccnc(N)c4)c3)CC(O)C2C(O)CCC(NCC(C)O)C1. The molecule has 9 nitrogen and oxygen atoms in total. The molecule has 5 rings (SSSR count). The highest BCUT2D eigenvalue weighted by atomic mass is 16.5. The van der Waals surface area contributed by atoms with Crippen LogP contribution in [0.1, 0.15) is 81.0 Å². The van der Waals surface area contributed by atoms with Gasteiger partial charge in [-0.05, 0) is 93.2 Å². The number of aromatic nitrogens is 2. The number of phenolic OH excluding ortho intramolecular Hbond substituents is 1. The predicted octanol–water partition coefficient (Wildman–Crippen LogP) is 4.67. The highest BCUT2D eigenvalue weighted by Crippen LogP contribution is 2.39. The van der Waals surface area contributed by atoms with Gasteiger partial charge in [0.1, 0.15) is 5.82 Å². The number of benzene rings is 1. The number of anilines is 1. The highest BCUT2D eigenvalue weighted by molar-refractivity contribution is 5.44. The van der Waals surface area contributed by atoms with Gasteiger partial charge in [0.05, 0.1) is 24.9 Å². The minimum atomic E-state index is -0.779. The number of nitrogens with two attached hydrogens (primary N) is 1. The zero-order valence-electron chi connectivity index (χ0n) is 28.1. The molecule has 0 spiro atoms. The van der Waals surface area contributed by atoms with Crippen LogP contribution in [0.25, 0.3) is 0 Å². The second-order valence-electron chi connectivity index (χ2n) is 13.5. The molecule has 2 aromatic heterocycles. The van der Waals surface area contributed by atoms with Gasteiger partial charge in [-0.1, -0.05) is 49.1 Å². The molecule has 9 atom stereocenters. The van der Waals surface area contributed by atoms with E-state index in [4.69, 9.17) is 10.5 Å². The van der Waals surface area contributed by atoms with Gasteiger partial charge in [0.15, 0.2) is 11.5 Å². The molecule has 0 radical (unpaired) electrons. The van der Waals surface area contributed by atoms with E-state index in [0.29, 0.717) is 44.0 Å². The summed E-state index contributed by atoms with van der Waals surface area (Å²) in [6.07, 6.45) is 10.6. The smallest absolute Gasteiger partial charge is 0.161 e. The van der Waals surface area contributed by atoms with E-state index < -0.39 is 24.2 Å². The Hall–Kier alpha value is -3.81. The summed E-state index contributed by atoms with van der Waals surface area (Å²) in [5, 5.41) is 46.9. The van der Waals surface area contributed by atoms with Crippen LogP contribution in [0.4, 0.5) is 5.82 Å². The third-order valence-electron chi connectivity index (χ3n) is 9.86. The quantitative estimate of drug-likeness (QED) is 0.121. The Labute approximate surface area is 284 Å². The van der Waals surface area contributed by atoms with Gasteiger partial charge in [-0.15, -0.1) is 0 Å². The van der Waals surface area contributed by atoms with Crippen LogP contribution >= 0.6 is 0 Å². The standard InChI is InChI=1S/C39H51N4O5/c1-3-26-6-7-27-8-9-28(21-36(47)39(27)35(46)13-11-33(19-26)43-24-25(2)44)29-10-12-34(45)37(22-29)48-18-15-31(20-32-5-4-16-41-32)30-14-17-42-38(40)23-30/h4-5,8-10,12,14,16-17,22-23,25-28,31,33,35-36,39,43-47H,3,11,13,15,18-21,24H2,1-2H3,(H2,40,42)/q-1. The Morgan fingerprint density at radius 1 is 1.08 bits per heavy atom. The molecule has 258 valence electrons. The first-order chi connectivity index (χ1) is 23.2. The topological polar surface area (TPSA) is 155 Å². The van der Waals surface area contributed by atoms with Crippen LogP contribution in [0.15, 0.2) is 67.0 Å². The average Bonchev–Trinajstić information content (AvgIpc) is 3.52. The van der Waals surface area contributed by atoms with E-state index in [-0.39, 0.29) is 35.5 Å². The first-order valence-corrected chi connectivity index (χ1v) is 17.4. The van der Waals surface area contributed by atoms with E-state index in [1.165, 1.54) is 0 Å². The third kappa shape index (κ3) is 9.64. The molecule has 7 N–H and O–H groups in total. The minimum absolute atomic E-state index is 0.0547. The molecule has 0 saturated heterocycles. The second-order valence-corrected chi connectivity index (χ2v) is 13.5. The molecule has 0 aliphatic heterocycles.